The molecule has 2 aromatic rings. The quantitative estimate of drug-likeness (QED) is 0.402. The van der Waals surface area contributed by atoms with Gasteiger partial charge < -0.3 is 10.2 Å². The Morgan fingerprint density at radius 2 is 2.27 bits per heavy atom. The van der Waals surface area contributed by atoms with Gasteiger partial charge in [-0.1, -0.05) is 17.7 Å². The molecule has 1 N–H and O–H groups in total. The van der Waals surface area contributed by atoms with E-state index >= 15 is 0 Å². The van der Waals surface area contributed by atoms with E-state index in [4.69, 9.17) is 16.6 Å². The van der Waals surface area contributed by atoms with Gasteiger partial charge in [0, 0.05) is 38.8 Å². The predicted octanol–water partition coefficient (Wildman–Crippen LogP) is 3.79. The fourth-order valence-electron chi connectivity index (χ4n) is 3.11. The molecule has 0 spiro atoms. The highest BCUT2D eigenvalue weighted by Crippen LogP contribution is 2.26. The topological polar surface area (TPSA) is 45.5 Å². The molecule has 1 unspecified atom stereocenters. The van der Waals surface area contributed by atoms with E-state index in [9.17, 15) is 4.39 Å². The highest BCUT2D eigenvalue weighted by molar-refractivity contribution is 14.0. The summed E-state index contributed by atoms with van der Waals surface area (Å²) < 4.78 is 15.1. The molecule has 1 aromatic heterocycles. The fraction of sp³-hybridized carbons (Fsp3) is 0.444. The molecule has 2 heterocycles. The maximum Gasteiger partial charge on any atom is 0.194 e. The molecule has 0 saturated carbocycles. The normalized spacial score (nSPS) is 17.3. The summed E-state index contributed by atoms with van der Waals surface area (Å²) in [4.78, 5) is 6.97. The molecule has 0 radical (unpaired) electrons. The lowest BCUT2D eigenvalue weighted by molar-refractivity contribution is 0.486. The highest BCUT2D eigenvalue weighted by atomic mass is 127. The van der Waals surface area contributed by atoms with E-state index in [0.717, 1.165) is 37.6 Å². The maximum atomic E-state index is 13.3. The first-order valence-electron chi connectivity index (χ1n) is 8.52. The molecular weight excluding hydrogens is 468 g/mol. The average molecular weight is 492 g/mol. The molecule has 0 bridgehead atoms. The van der Waals surface area contributed by atoms with E-state index < -0.39 is 5.82 Å². The predicted molar refractivity (Wildman–Crippen MR) is 114 cm³/mol. The monoisotopic (exact) mass is 491 g/mol. The van der Waals surface area contributed by atoms with Crippen molar-refractivity contribution in [3.63, 3.8) is 0 Å². The van der Waals surface area contributed by atoms with Crippen LogP contribution in [0.1, 0.15) is 30.4 Å². The highest BCUT2D eigenvalue weighted by Gasteiger charge is 2.26. The van der Waals surface area contributed by atoms with Gasteiger partial charge in [-0.05, 0) is 36.6 Å². The molecule has 1 aliphatic heterocycles. The van der Waals surface area contributed by atoms with Crippen LogP contribution in [0.3, 0.4) is 0 Å². The van der Waals surface area contributed by atoms with Gasteiger partial charge in [0.2, 0.25) is 0 Å². The Labute approximate surface area is 175 Å². The Morgan fingerprint density at radius 3 is 2.92 bits per heavy atom. The van der Waals surface area contributed by atoms with Gasteiger partial charge in [0.1, 0.15) is 5.82 Å². The minimum atomic E-state index is -0.403. The van der Waals surface area contributed by atoms with Crippen LogP contribution in [0, 0.1) is 5.82 Å². The van der Waals surface area contributed by atoms with Crippen molar-refractivity contribution in [1.82, 2.24) is 20.0 Å². The van der Waals surface area contributed by atoms with Crippen LogP contribution in [0.4, 0.5) is 4.39 Å². The summed E-state index contributed by atoms with van der Waals surface area (Å²) in [7, 11) is 1.94. The van der Waals surface area contributed by atoms with E-state index in [1.54, 1.807) is 12.1 Å². The lowest BCUT2D eigenvalue weighted by atomic mass is 10.0. The smallest absolute Gasteiger partial charge is 0.194 e. The van der Waals surface area contributed by atoms with E-state index in [2.05, 4.69) is 28.4 Å². The molecule has 0 aliphatic carbocycles. The zero-order chi connectivity index (χ0) is 17.8. The van der Waals surface area contributed by atoms with Crippen molar-refractivity contribution in [2.24, 2.45) is 12.0 Å². The summed E-state index contributed by atoms with van der Waals surface area (Å²) in [5, 5.41) is 7.75. The number of guanidine groups is 1. The van der Waals surface area contributed by atoms with E-state index in [1.165, 1.54) is 11.6 Å². The second kappa shape index (κ2) is 9.55. The van der Waals surface area contributed by atoms with Gasteiger partial charge in [0.25, 0.3) is 0 Å². The molecule has 0 amide bonds. The number of halogens is 3. The summed E-state index contributed by atoms with van der Waals surface area (Å²) >= 11 is 5.85. The largest absolute Gasteiger partial charge is 0.357 e. The van der Waals surface area contributed by atoms with Gasteiger partial charge in [-0.15, -0.1) is 24.0 Å². The summed E-state index contributed by atoms with van der Waals surface area (Å²) in [6.45, 7) is 5.20. The molecule has 26 heavy (non-hydrogen) atoms. The third-order valence-electron chi connectivity index (χ3n) is 4.41. The summed E-state index contributed by atoms with van der Waals surface area (Å²) in [6, 6.07) is 4.73. The lowest BCUT2D eigenvalue weighted by Gasteiger charge is -2.21. The number of hydrogen-bond donors (Lipinski definition) is 1. The molecule has 8 heteroatoms. The molecule has 1 atom stereocenters. The Hall–Kier alpha value is -1.35. The van der Waals surface area contributed by atoms with Crippen molar-refractivity contribution in [2.75, 3.05) is 19.6 Å². The number of likely N-dealkylation sites (tertiary alicyclic amines) is 1. The van der Waals surface area contributed by atoms with Crippen molar-refractivity contribution in [2.45, 2.75) is 25.8 Å². The van der Waals surface area contributed by atoms with Gasteiger partial charge in [-0.2, -0.15) is 5.10 Å². The van der Waals surface area contributed by atoms with Crippen LogP contribution < -0.4 is 5.32 Å². The van der Waals surface area contributed by atoms with Crippen LogP contribution in [0.15, 0.2) is 35.6 Å². The molecular formula is C18H24ClFIN5. The molecule has 142 valence electrons. The molecule has 5 nitrogen and oxygen atoms in total. The minimum absolute atomic E-state index is 0. The zero-order valence-corrected chi connectivity index (χ0v) is 18.0. The third kappa shape index (κ3) is 5.09. The summed E-state index contributed by atoms with van der Waals surface area (Å²) in [5.74, 6) is 0.951. The van der Waals surface area contributed by atoms with Crippen LogP contribution >= 0.6 is 35.6 Å². The first-order valence-corrected chi connectivity index (χ1v) is 8.90. The van der Waals surface area contributed by atoms with Crippen molar-refractivity contribution in [3.05, 3.63) is 52.6 Å². The van der Waals surface area contributed by atoms with Crippen molar-refractivity contribution in [1.29, 1.82) is 0 Å². The van der Waals surface area contributed by atoms with Gasteiger partial charge >= 0.3 is 0 Å². The number of aryl methyl sites for hydroxylation is 1. The Morgan fingerprint density at radius 1 is 1.46 bits per heavy atom. The fourth-order valence-corrected chi connectivity index (χ4v) is 3.31. The first-order chi connectivity index (χ1) is 12.1. The Kier molecular flexibility index (Phi) is 7.69. The minimum Gasteiger partial charge on any atom is -0.357 e. The number of nitrogens with zero attached hydrogens (tertiary/aromatic N) is 4. The summed E-state index contributed by atoms with van der Waals surface area (Å²) in [6.07, 6.45) is 5.11. The number of rotatable bonds is 4. The van der Waals surface area contributed by atoms with Gasteiger partial charge in [0.15, 0.2) is 5.96 Å². The van der Waals surface area contributed by atoms with Crippen molar-refractivity contribution in [3.8, 4) is 0 Å². The Bertz CT molecular complexity index is 764. The van der Waals surface area contributed by atoms with Crippen molar-refractivity contribution < 1.29 is 4.39 Å². The number of hydrogen-bond acceptors (Lipinski definition) is 2. The Balaban J connectivity index is 0.00000243. The van der Waals surface area contributed by atoms with E-state index in [-0.39, 0.29) is 29.0 Å². The van der Waals surface area contributed by atoms with Gasteiger partial charge in [0.05, 0.1) is 17.8 Å². The molecule has 3 rings (SSSR count). The van der Waals surface area contributed by atoms with Gasteiger partial charge in [-0.25, -0.2) is 9.38 Å². The van der Waals surface area contributed by atoms with Crippen LogP contribution in [0.25, 0.3) is 0 Å². The lowest BCUT2D eigenvalue weighted by Crippen LogP contribution is -2.40. The van der Waals surface area contributed by atoms with Crippen LogP contribution in [-0.2, 0) is 13.6 Å². The van der Waals surface area contributed by atoms with Crippen LogP contribution in [-0.4, -0.2) is 40.3 Å². The second-order valence-electron chi connectivity index (χ2n) is 6.30. The molecule has 1 saturated heterocycles. The SMILES string of the molecule is CCNC(=NCc1ccc(F)c(Cl)c1)N1CCC(c2cnn(C)c2)C1.I. The number of aromatic nitrogens is 2. The third-order valence-corrected chi connectivity index (χ3v) is 4.70. The van der Waals surface area contributed by atoms with Crippen LogP contribution in [0.2, 0.25) is 5.02 Å². The first kappa shape index (κ1) is 21.0. The maximum absolute atomic E-state index is 13.3. The zero-order valence-electron chi connectivity index (χ0n) is 15.0. The summed E-state index contributed by atoms with van der Waals surface area (Å²) in [5.41, 5.74) is 2.16. The second-order valence-corrected chi connectivity index (χ2v) is 6.70. The number of nitrogens with one attached hydrogen (secondary N) is 1. The number of benzene rings is 1. The standard InChI is InChI=1S/C18H23ClFN5.HI/c1-3-21-18(22-9-13-4-5-17(20)16(19)8-13)25-7-6-14(12-25)15-10-23-24(2)11-15;/h4-5,8,10-11,14H,3,6-7,9,12H2,1-2H3,(H,21,22);1H. The van der Waals surface area contributed by atoms with Crippen molar-refractivity contribution >= 4 is 41.5 Å². The molecule has 1 fully saturated rings. The molecule has 1 aromatic carbocycles. The van der Waals surface area contributed by atoms with E-state index in [0.29, 0.717) is 12.5 Å². The van der Waals surface area contributed by atoms with Crippen LogP contribution in [0.5, 0.6) is 0 Å². The van der Waals surface area contributed by atoms with E-state index in [1.807, 2.05) is 17.9 Å². The number of aliphatic imine (C=N–C) groups is 1. The molecule has 1 aliphatic rings. The average Bonchev–Trinajstić information content (AvgIpc) is 3.23. The van der Waals surface area contributed by atoms with Gasteiger partial charge in [-0.3, -0.25) is 4.68 Å².